The minimum absolute atomic E-state index is 0.101. The number of hydrogen-bond donors (Lipinski definition) is 0. The van der Waals surface area contributed by atoms with Crippen molar-refractivity contribution >= 4 is 21.6 Å². The fourth-order valence-corrected chi connectivity index (χ4v) is 4.73. The first kappa shape index (κ1) is 19.5. The van der Waals surface area contributed by atoms with E-state index in [2.05, 4.69) is 4.98 Å². The second kappa shape index (κ2) is 8.63. The van der Waals surface area contributed by atoms with Crippen molar-refractivity contribution in [3.63, 3.8) is 0 Å². The second-order valence-corrected chi connectivity index (χ2v) is 8.54. The number of likely N-dealkylation sites (N-methyl/N-ethyl adjacent to an activating group) is 1. The van der Waals surface area contributed by atoms with Crippen LogP contribution < -0.4 is 4.90 Å². The number of benzene rings is 1. The summed E-state index contributed by atoms with van der Waals surface area (Å²) in [7, 11) is -3.57. The van der Waals surface area contributed by atoms with Gasteiger partial charge in [0.2, 0.25) is 15.9 Å². The van der Waals surface area contributed by atoms with Crippen LogP contribution in [0.4, 0.5) is 5.69 Å². The average molecular weight is 388 g/mol. The second-order valence-electron chi connectivity index (χ2n) is 6.60. The highest BCUT2D eigenvalue weighted by Gasteiger charge is 2.24. The number of sulfonamides is 1. The standard InChI is InChI=1S/C20H25N3O3S/c1-2-22(16-12-17-10-13-21-14-11-17)27(25,26)19-8-6-18(7-9-19)23-15-4-3-5-20(23)24/h6-11,13-14H,2-5,12,15-16H2,1H3. The highest BCUT2D eigenvalue weighted by atomic mass is 32.2. The molecule has 1 fully saturated rings. The van der Waals surface area contributed by atoms with Gasteiger partial charge in [-0.3, -0.25) is 9.78 Å². The lowest BCUT2D eigenvalue weighted by atomic mass is 10.1. The number of anilines is 1. The third-order valence-electron chi connectivity index (χ3n) is 4.86. The Kier molecular flexibility index (Phi) is 6.23. The molecule has 1 aromatic carbocycles. The van der Waals surface area contributed by atoms with Crippen LogP contribution in [0.25, 0.3) is 0 Å². The highest BCUT2D eigenvalue weighted by Crippen LogP contribution is 2.24. The number of hydrogen-bond acceptors (Lipinski definition) is 4. The third-order valence-corrected chi connectivity index (χ3v) is 6.85. The third kappa shape index (κ3) is 4.54. The number of piperidine rings is 1. The zero-order valence-corrected chi connectivity index (χ0v) is 16.4. The Bertz CT molecular complexity index is 867. The van der Waals surface area contributed by atoms with Crippen LogP contribution in [0.15, 0.2) is 53.7 Å². The van der Waals surface area contributed by atoms with Crippen LogP contribution in [0.1, 0.15) is 31.7 Å². The van der Waals surface area contributed by atoms with E-state index in [9.17, 15) is 13.2 Å². The van der Waals surface area contributed by atoms with Gasteiger partial charge in [0, 0.05) is 44.1 Å². The summed E-state index contributed by atoms with van der Waals surface area (Å²) >= 11 is 0. The molecule has 27 heavy (non-hydrogen) atoms. The van der Waals surface area contributed by atoms with E-state index in [1.807, 2.05) is 19.1 Å². The number of amides is 1. The van der Waals surface area contributed by atoms with Crippen molar-refractivity contribution in [3.8, 4) is 0 Å². The van der Waals surface area contributed by atoms with Gasteiger partial charge in [-0.15, -0.1) is 0 Å². The molecule has 1 amide bonds. The molecule has 0 bridgehead atoms. The van der Waals surface area contributed by atoms with Crippen molar-refractivity contribution < 1.29 is 13.2 Å². The van der Waals surface area contributed by atoms with Crippen LogP contribution in [-0.4, -0.2) is 43.2 Å². The van der Waals surface area contributed by atoms with E-state index in [0.717, 1.165) is 24.1 Å². The van der Waals surface area contributed by atoms with Gasteiger partial charge in [0.05, 0.1) is 4.90 Å². The monoisotopic (exact) mass is 387 g/mol. The lowest BCUT2D eigenvalue weighted by Crippen LogP contribution is -2.35. The summed E-state index contributed by atoms with van der Waals surface area (Å²) in [5.74, 6) is 0.101. The van der Waals surface area contributed by atoms with E-state index in [4.69, 9.17) is 0 Å². The Hall–Kier alpha value is -2.25. The largest absolute Gasteiger partial charge is 0.312 e. The van der Waals surface area contributed by atoms with E-state index in [1.165, 1.54) is 4.31 Å². The van der Waals surface area contributed by atoms with Crippen molar-refractivity contribution in [2.45, 2.75) is 37.5 Å². The number of pyridine rings is 1. The number of nitrogens with zero attached hydrogens (tertiary/aromatic N) is 3. The summed E-state index contributed by atoms with van der Waals surface area (Å²) in [6.07, 6.45) is 6.51. The first-order valence-electron chi connectivity index (χ1n) is 9.32. The molecule has 6 nitrogen and oxygen atoms in total. The van der Waals surface area contributed by atoms with Gasteiger partial charge in [0.25, 0.3) is 0 Å². The van der Waals surface area contributed by atoms with Crippen molar-refractivity contribution in [1.29, 1.82) is 0 Å². The maximum atomic E-state index is 13.0. The molecule has 3 rings (SSSR count). The quantitative estimate of drug-likeness (QED) is 0.732. The summed E-state index contributed by atoms with van der Waals surface area (Å²) < 4.78 is 27.4. The van der Waals surface area contributed by atoms with E-state index in [-0.39, 0.29) is 10.8 Å². The Morgan fingerprint density at radius 1 is 1.07 bits per heavy atom. The maximum absolute atomic E-state index is 13.0. The summed E-state index contributed by atoms with van der Waals surface area (Å²) in [5, 5.41) is 0. The Labute approximate surface area is 160 Å². The topological polar surface area (TPSA) is 70.6 Å². The minimum atomic E-state index is -3.57. The van der Waals surface area contributed by atoms with Crippen LogP contribution in [0, 0.1) is 0 Å². The Morgan fingerprint density at radius 2 is 1.78 bits per heavy atom. The molecule has 144 valence electrons. The summed E-state index contributed by atoms with van der Waals surface area (Å²) in [6, 6.07) is 10.4. The van der Waals surface area contributed by atoms with E-state index in [0.29, 0.717) is 32.5 Å². The zero-order valence-electron chi connectivity index (χ0n) is 15.5. The van der Waals surface area contributed by atoms with Crippen molar-refractivity contribution in [2.75, 3.05) is 24.5 Å². The molecule has 0 spiro atoms. The van der Waals surface area contributed by atoms with E-state index < -0.39 is 10.0 Å². The molecular formula is C20H25N3O3S. The Morgan fingerprint density at radius 3 is 2.41 bits per heavy atom. The predicted octanol–water partition coefficient (Wildman–Crippen LogP) is 2.85. The fraction of sp³-hybridized carbons (Fsp3) is 0.400. The lowest BCUT2D eigenvalue weighted by Gasteiger charge is -2.27. The number of carbonyl (C=O) groups excluding carboxylic acids is 1. The van der Waals surface area contributed by atoms with Gasteiger partial charge in [-0.1, -0.05) is 6.92 Å². The normalized spacial score (nSPS) is 15.3. The maximum Gasteiger partial charge on any atom is 0.243 e. The van der Waals surface area contributed by atoms with Crippen molar-refractivity contribution in [1.82, 2.24) is 9.29 Å². The Balaban J connectivity index is 1.73. The molecular weight excluding hydrogens is 362 g/mol. The van der Waals surface area contributed by atoms with Gasteiger partial charge in [-0.25, -0.2) is 8.42 Å². The molecule has 0 unspecified atom stereocenters. The molecule has 7 heteroatoms. The number of aromatic nitrogens is 1. The molecule has 1 aliphatic rings. The van der Waals surface area contributed by atoms with Crippen LogP contribution in [0.5, 0.6) is 0 Å². The van der Waals surface area contributed by atoms with Gasteiger partial charge in [0.1, 0.15) is 0 Å². The lowest BCUT2D eigenvalue weighted by molar-refractivity contribution is -0.119. The minimum Gasteiger partial charge on any atom is -0.312 e. The van der Waals surface area contributed by atoms with Crippen molar-refractivity contribution in [3.05, 3.63) is 54.4 Å². The summed E-state index contributed by atoms with van der Waals surface area (Å²) in [5.41, 5.74) is 1.82. The van der Waals surface area contributed by atoms with Crippen LogP contribution in [0.2, 0.25) is 0 Å². The average Bonchev–Trinajstić information content (AvgIpc) is 2.69. The van der Waals surface area contributed by atoms with Crippen molar-refractivity contribution in [2.24, 2.45) is 0 Å². The molecule has 2 aromatic rings. The van der Waals surface area contributed by atoms with Crippen LogP contribution in [0.3, 0.4) is 0 Å². The van der Waals surface area contributed by atoms with Gasteiger partial charge in [0.15, 0.2) is 0 Å². The first-order valence-corrected chi connectivity index (χ1v) is 10.8. The van der Waals surface area contributed by atoms with Gasteiger partial charge < -0.3 is 4.90 Å². The van der Waals surface area contributed by atoms with Gasteiger partial charge in [-0.05, 0) is 61.2 Å². The fourth-order valence-electron chi connectivity index (χ4n) is 3.28. The SMILES string of the molecule is CCN(CCc1ccncc1)S(=O)(=O)c1ccc(N2CCCCC2=O)cc1. The highest BCUT2D eigenvalue weighted by molar-refractivity contribution is 7.89. The van der Waals surface area contributed by atoms with E-state index >= 15 is 0 Å². The first-order chi connectivity index (χ1) is 13.0. The van der Waals surface area contributed by atoms with Gasteiger partial charge >= 0.3 is 0 Å². The molecule has 0 atom stereocenters. The predicted molar refractivity (Wildman–Crippen MR) is 105 cm³/mol. The molecule has 1 aliphatic heterocycles. The summed E-state index contributed by atoms with van der Waals surface area (Å²) in [4.78, 5) is 18.0. The molecule has 2 heterocycles. The number of carbonyl (C=O) groups is 1. The summed E-state index contributed by atoms with van der Waals surface area (Å²) in [6.45, 7) is 3.35. The van der Waals surface area contributed by atoms with Gasteiger partial charge in [-0.2, -0.15) is 4.31 Å². The molecule has 0 radical (unpaired) electrons. The molecule has 0 N–H and O–H groups in total. The van der Waals surface area contributed by atoms with Crippen LogP contribution in [-0.2, 0) is 21.2 Å². The molecule has 0 saturated carbocycles. The molecule has 1 saturated heterocycles. The molecule has 0 aliphatic carbocycles. The number of rotatable bonds is 7. The van der Waals surface area contributed by atoms with E-state index in [1.54, 1.807) is 41.6 Å². The zero-order chi connectivity index (χ0) is 19.3. The smallest absolute Gasteiger partial charge is 0.243 e. The molecule has 1 aromatic heterocycles. The van der Waals surface area contributed by atoms with Crippen LogP contribution >= 0.6 is 0 Å².